The summed E-state index contributed by atoms with van der Waals surface area (Å²) in [5, 5.41) is 2.89. The van der Waals surface area contributed by atoms with Crippen LogP contribution in [0.15, 0.2) is 30.3 Å². The molecule has 2 rings (SSSR count). The minimum absolute atomic E-state index is 0.0119. The molecule has 1 N–H and O–H groups in total. The lowest BCUT2D eigenvalue weighted by Gasteiger charge is -2.20. The fraction of sp³-hybridized carbons (Fsp3) is 0.467. The molecule has 1 fully saturated rings. The van der Waals surface area contributed by atoms with Gasteiger partial charge in [-0.25, -0.2) is 0 Å². The van der Waals surface area contributed by atoms with E-state index in [0.29, 0.717) is 0 Å². The van der Waals surface area contributed by atoms with Crippen LogP contribution in [-0.4, -0.2) is 11.7 Å². The standard InChI is InChI=1S/C15H19NO2/c1-10(2)14(17)13(11-6-4-3-5-7-11)16-15(18)12-8-9-12/h3-7,10,12-13H,8-9H2,1-2H3,(H,16,18). The zero-order valence-corrected chi connectivity index (χ0v) is 10.8. The van der Waals surface area contributed by atoms with Crippen molar-refractivity contribution < 1.29 is 9.59 Å². The van der Waals surface area contributed by atoms with Gasteiger partial charge < -0.3 is 5.32 Å². The third kappa shape index (κ3) is 2.97. The van der Waals surface area contributed by atoms with Crippen molar-refractivity contribution >= 4 is 11.7 Å². The van der Waals surface area contributed by atoms with E-state index in [4.69, 9.17) is 0 Å². The molecule has 1 saturated carbocycles. The average molecular weight is 245 g/mol. The Labute approximate surface area is 108 Å². The van der Waals surface area contributed by atoms with Gasteiger partial charge in [-0.15, -0.1) is 0 Å². The Bertz CT molecular complexity index is 435. The quantitative estimate of drug-likeness (QED) is 0.866. The van der Waals surface area contributed by atoms with Crippen LogP contribution < -0.4 is 5.32 Å². The number of Topliss-reactive ketones (excluding diaryl/α,β-unsaturated/α-hetero) is 1. The van der Waals surface area contributed by atoms with Crippen molar-refractivity contribution in [2.75, 3.05) is 0 Å². The molecule has 0 spiro atoms. The number of rotatable bonds is 5. The Kier molecular flexibility index (Phi) is 3.80. The Morgan fingerprint density at radius 2 is 1.78 bits per heavy atom. The molecular weight excluding hydrogens is 226 g/mol. The van der Waals surface area contributed by atoms with Crippen LogP contribution >= 0.6 is 0 Å². The highest BCUT2D eigenvalue weighted by Gasteiger charge is 2.33. The number of hydrogen-bond acceptors (Lipinski definition) is 2. The van der Waals surface area contributed by atoms with E-state index in [9.17, 15) is 9.59 Å². The summed E-state index contributed by atoms with van der Waals surface area (Å²) in [7, 11) is 0. The first-order valence-corrected chi connectivity index (χ1v) is 6.48. The number of benzene rings is 1. The molecule has 18 heavy (non-hydrogen) atoms. The number of carbonyl (C=O) groups is 2. The molecule has 3 nitrogen and oxygen atoms in total. The van der Waals surface area contributed by atoms with E-state index in [1.165, 1.54) is 0 Å². The van der Waals surface area contributed by atoms with Gasteiger partial charge in [0.2, 0.25) is 5.91 Å². The topological polar surface area (TPSA) is 46.2 Å². The number of nitrogens with one attached hydrogen (secondary N) is 1. The third-order valence-electron chi connectivity index (χ3n) is 3.22. The SMILES string of the molecule is CC(C)C(=O)C(NC(=O)C1CC1)c1ccccc1. The van der Waals surface area contributed by atoms with Gasteiger partial charge in [0.15, 0.2) is 5.78 Å². The maximum atomic E-state index is 12.2. The predicted octanol–water partition coefficient (Wildman–Crippen LogP) is 2.48. The highest BCUT2D eigenvalue weighted by molar-refractivity contribution is 5.92. The van der Waals surface area contributed by atoms with Gasteiger partial charge in [0.25, 0.3) is 0 Å². The first-order valence-electron chi connectivity index (χ1n) is 6.48. The van der Waals surface area contributed by atoms with Gasteiger partial charge in [0.1, 0.15) is 6.04 Å². The first kappa shape index (κ1) is 12.8. The summed E-state index contributed by atoms with van der Waals surface area (Å²) in [4.78, 5) is 24.1. The van der Waals surface area contributed by atoms with Gasteiger partial charge in [-0.2, -0.15) is 0 Å². The summed E-state index contributed by atoms with van der Waals surface area (Å²) in [6.07, 6.45) is 1.90. The maximum Gasteiger partial charge on any atom is 0.223 e. The molecule has 96 valence electrons. The van der Waals surface area contributed by atoms with E-state index in [-0.39, 0.29) is 23.5 Å². The summed E-state index contributed by atoms with van der Waals surface area (Å²) < 4.78 is 0. The Balaban J connectivity index is 2.17. The first-order chi connectivity index (χ1) is 8.59. The third-order valence-corrected chi connectivity index (χ3v) is 3.22. The molecule has 0 heterocycles. The lowest BCUT2D eigenvalue weighted by molar-refractivity contribution is -0.130. The van der Waals surface area contributed by atoms with E-state index in [1.807, 2.05) is 44.2 Å². The molecule has 0 bridgehead atoms. The number of hydrogen-bond donors (Lipinski definition) is 1. The van der Waals surface area contributed by atoms with Crippen LogP contribution in [0.25, 0.3) is 0 Å². The van der Waals surface area contributed by atoms with Gasteiger partial charge in [0.05, 0.1) is 0 Å². The maximum absolute atomic E-state index is 12.2. The van der Waals surface area contributed by atoms with Crippen molar-refractivity contribution in [3.63, 3.8) is 0 Å². The molecule has 0 aromatic heterocycles. The molecule has 1 aromatic rings. The van der Waals surface area contributed by atoms with Crippen LogP contribution in [0.3, 0.4) is 0 Å². The summed E-state index contributed by atoms with van der Waals surface area (Å²) >= 11 is 0. The fourth-order valence-corrected chi connectivity index (χ4v) is 1.90. The summed E-state index contributed by atoms with van der Waals surface area (Å²) in [5.74, 6) is 0.110. The van der Waals surface area contributed by atoms with Crippen molar-refractivity contribution in [1.82, 2.24) is 5.32 Å². The van der Waals surface area contributed by atoms with Gasteiger partial charge in [-0.3, -0.25) is 9.59 Å². The second-order valence-corrected chi connectivity index (χ2v) is 5.18. The minimum atomic E-state index is -0.501. The van der Waals surface area contributed by atoms with E-state index in [1.54, 1.807) is 0 Å². The number of amides is 1. The second-order valence-electron chi connectivity index (χ2n) is 5.18. The molecule has 1 aromatic carbocycles. The van der Waals surface area contributed by atoms with Crippen LogP contribution in [0, 0.1) is 11.8 Å². The Hall–Kier alpha value is -1.64. The lowest BCUT2D eigenvalue weighted by Crippen LogP contribution is -2.36. The average Bonchev–Trinajstić information content (AvgIpc) is 3.20. The molecule has 3 heteroatoms. The van der Waals surface area contributed by atoms with Crippen molar-refractivity contribution in [1.29, 1.82) is 0 Å². The van der Waals surface area contributed by atoms with Gasteiger partial charge in [-0.05, 0) is 18.4 Å². The van der Waals surface area contributed by atoms with Crippen molar-refractivity contribution in [2.24, 2.45) is 11.8 Å². The van der Waals surface area contributed by atoms with Gasteiger partial charge in [-0.1, -0.05) is 44.2 Å². The molecule has 1 aliphatic rings. The van der Waals surface area contributed by atoms with Crippen LogP contribution in [-0.2, 0) is 9.59 Å². The summed E-state index contributed by atoms with van der Waals surface area (Å²) in [6.45, 7) is 3.73. The summed E-state index contributed by atoms with van der Waals surface area (Å²) in [6, 6.07) is 8.96. The van der Waals surface area contributed by atoms with E-state index in [0.717, 1.165) is 18.4 Å². The van der Waals surface area contributed by atoms with Crippen LogP contribution in [0.5, 0.6) is 0 Å². The zero-order chi connectivity index (χ0) is 13.1. The number of ketones is 1. The summed E-state index contributed by atoms with van der Waals surface area (Å²) in [5.41, 5.74) is 0.866. The largest absolute Gasteiger partial charge is 0.342 e. The molecular formula is C15H19NO2. The van der Waals surface area contributed by atoms with Gasteiger partial charge in [0, 0.05) is 11.8 Å². The van der Waals surface area contributed by atoms with E-state index >= 15 is 0 Å². The highest BCUT2D eigenvalue weighted by Crippen LogP contribution is 2.30. The molecule has 0 saturated heterocycles. The van der Waals surface area contributed by atoms with Crippen molar-refractivity contribution in [3.8, 4) is 0 Å². The molecule has 1 atom stereocenters. The van der Waals surface area contributed by atoms with Crippen molar-refractivity contribution in [3.05, 3.63) is 35.9 Å². The van der Waals surface area contributed by atoms with E-state index in [2.05, 4.69) is 5.32 Å². The zero-order valence-electron chi connectivity index (χ0n) is 10.8. The van der Waals surface area contributed by atoms with Crippen LogP contribution in [0.1, 0.15) is 38.3 Å². The molecule has 1 unspecified atom stereocenters. The Morgan fingerprint density at radius 1 is 1.17 bits per heavy atom. The second kappa shape index (κ2) is 5.34. The molecule has 1 amide bonds. The fourth-order valence-electron chi connectivity index (χ4n) is 1.90. The van der Waals surface area contributed by atoms with Crippen LogP contribution in [0.4, 0.5) is 0 Å². The smallest absolute Gasteiger partial charge is 0.223 e. The lowest BCUT2D eigenvalue weighted by atomic mass is 9.95. The number of carbonyl (C=O) groups excluding carboxylic acids is 2. The van der Waals surface area contributed by atoms with Gasteiger partial charge >= 0.3 is 0 Å². The predicted molar refractivity (Wildman–Crippen MR) is 69.9 cm³/mol. The van der Waals surface area contributed by atoms with Crippen LogP contribution in [0.2, 0.25) is 0 Å². The highest BCUT2D eigenvalue weighted by atomic mass is 16.2. The van der Waals surface area contributed by atoms with E-state index < -0.39 is 6.04 Å². The normalized spacial score (nSPS) is 16.4. The minimum Gasteiger partial charge on any atom is -0.342 e. The Morgan fingerprint density at radius 3 is 2.28 bits per heavy atom. The molecule has 1 aliphatic carbocycles. The molecule has 0 radical (unpaired) electrons. The molecule has 0 aliphatic heterocycles. The van der Waals surface area contributed by atoms with Crippen molar-refractivity contribution in [2.45, 2.75) is 32.7 Å². The monoisotopic (exact) mass is 245 g/mol.